The van der Waals surface area contributed by atoms with Gasteiger partial charge in [0.05, 0.1) is 12.2 Å². The number of aliphatic hydroxyl groups is 1. The third kappa shape index (κ3) is 2.95. The lowest BCUT2D eigenvalue weighted by atomic mass is 10.1. The molecule has 1 N–H and O–H groups in total. The zero-order chi connectivity index (χ0) is 16.6. The molecular formula is C16H18ClN5O2. The second kappa shape index (κ2) is 6.54. The molecule has 0 atom stereocenters. The molecular weight excluding hydrogens is 330 g/mol. The van der Waals surface area contributed by atoms with Crippen LogP contribution in [0.2, 0.25) is 0 Å². The van der Waals surface area contributed by atoms with Gasteiger partial charge in [-0.2, -0.15) is 0 Å². The maximum Gasteiger partial charge on any atom is 0.278 e. The van der Waals surface area contributed by atoms with Crippen LogP contribution in [0.1, 0.15) is 19.5 Å². The summed E-state index contributed by atoms with van der Waals surface area (Å²) in [5, 5.41) is 10.6. The molecule has 24 heavy (non-hydrogen) atoms. The average Bonchev–Trinajstić information content (AvgIpc) is 2.80. The first-order valence-electron chi connectivity index (χ1n) is 7.16. The Morgan fingerprint density at radius 2 is 2.12 bits per heavy atom. The van der Waals surface area contributed by atoms with Crippen molar-refractivity contribution in [2.45, 2.75) is 26.0 Å². The number of rotatable bonds is 4. The third-order valence-corrected chi connectivity index (χ3v) is 3.48. The fourth-order valence-corrected chi connectivity index (χ4v) is 2.39. The summed E-state index contributed by atoms with van der Waals surface area (Å²) >= 11 is 0. The molecule has 0 bridgehead atoms. The van der Waals surface area contributed by atoms with E-state index in [-0.39, 0.29) is 18.0 Å². The van der Waals surface area contributed by atoms with Gasteiger partial charge in [-0.05, 0) is 26.0 Å². The van der Waals surface area contributed by atoms with Crippen molar-refractivity contribution >= 4 is 23.4 Å². The SMILES string of the molecule is C=CCn1c(=O)c2cncnc2n1-c1cccc(C(C)(C)O)n1.Cl. The number of hydrogen-bond donors (Lipinski definition) is 1. The standard InChI is InChI=1S/C16H17N5O2.ClH/c1-4-8-20-15(22)11-9-17-10-18-14(11)21(20)13-7-5-6-12(19-13)16(2,3)23;/h4-7,9-10,23H,1,8H2,2-3H3;1H. The van der Waals surface area contributed by atoms with Crippen LogP contribution >= 0.6 is 12.4 Å². The molecule has 0 saturated heterocycles. The fourth-order valence-electron chi connectivity index (χ4n) is 2.39. The molecule has 0 aliphatic heterocycles. The molecule has 0 aromatic carbocycles. The van der Waals surface area contributed by atoms with Crippen LogP contribution < -0.4 is 5.56 Å². The van der Waals surface area contributed by atoms with Crippen molar-refractivity contribution in [1.29, 1.82) is 0 Å². The zero-order valence-electron chi connectivity index (χ0n) is 13.4. The van der Waals surface area contributed by atoms with Crippen molar-refractivity contribution < 1.29 is 5.11 Å². The van der Waals surface area contributed by atoms with E-state index < -0.39 is 5.60 Å². The van der Waals surface area contributed by atoms with E-state index in [1.807, 2.05) is 0 Å². The van der Waals surface area contributed by atoms with Crippen LogP contribution in [0.15, 0.2) is 48.2 Å². The van der Waals surface area contributed by atoms with Gasteiger partial charge in [-0.15, -0.1) is 19.0 Å². The van der Waals surface area contributed by atoms with E-state index in [1.165, 1.54) is 17.2 Å². The van der Waals surface area contributed by atoms with Gasteiger partial charge < -0.3 is 5.11 Å². The predicted octanol–water partition coefficient (Wildman–Crippen LogP) is 1.81. The molecule has 3 heterocycles. The quantitative estimate of drug-likeness (QED) is 0.727. The van der Waals surface area contributed by atoms with Gasteiger partial charge >= 0.3 is 0 Å². The minimum Gasteiger partial charge on any atom is -0.384 e. The molecule has 0 unspecified atom stereocenters. The average molecular weight is 348 g/mol. The topological polar surface area (TPSA) is 85.8 Å². The molecule has 3 aromatic heterocycles. The van der Waals surface area contributed by atoms with Crippen LogP contribution in [0.4, 0.5) is 0 Å². The van der Waals surface area contributed by atoms with Crippen LogP contribution in [0.25, 0.3) is 16.9 Å². The van der Waals surface area contributed by atoms with Crippen LogP contribution in [0.3, 0.4) is 0 Å². The van der Waals surface area contributed by atoms with Crippen LogP contribution in [0.5, 0.6) is 0 Å². The van der Waals surface area contributed by atoms with Crippen molar-refractivity contribution in [2.24, 2.45) is 0 Å². The lowest BCUT2D eigenvalue weighted by Gasteiger charge is -2.18. The zero-order valence-corrected chi connectivity index (χ0v) is 14.2. The molecule has 0 aliphatic rings. The molecule has 0 spiro atoms. The minimum absolute atomic E-state index is 0. The Hall–Kier alpha value is -2.51. The smallest absolute Gasteiger partial charge is 0.278 e. The molecule has 0 aliphatic carbocycles. The number of pyridine rings is 1. The third-order valence-electron chi connectivity index (χ3n) is 3.48. The lowest BCUT2D eigenvalue weighted by molar-refractivity contribution is 0.0738. The second-order valence-electron chi connectivity index (χ2n) is 5.69. The van der Waals surface area contributed by atoms with Crippen LogP contribution in [-0.4, -0.2) is 29.4 Å². The monoisotopic (exact) mass is 347 g/mol. The number of allylic oxidation sites excluding steroid dienone is 1. The van der Waals surface area contributed by atoms with Gasteiger partial charge in [0, 0.05) is 6.20 Å². The molecule has 3 aromatic rings. The van der Waals surface area contributed by atoms with Crippen molar-refractivity contribution in [2.75, 3.05) is 0 Å². The molecule has 0 saturated carbocycles. The van der Waals surface area contributed by atoms with E-state index in [4.69, 9.17) is 0 Å². The normalized spacial score (nSPS) is 11.3. The fraction of sp³-hybridized carbons (Fsp3) is 0.250. The number of hydrogen-bond acceptors (Lipinski definition) is 5. The number of aromatic nitrogens is 5. The Kier molecular flexibility index (Phi) is 4.86. The summed E-state index contributed by atoms with van der Waals surface area (Å²) in [6.07, 6.45) is 4.50. The van der Waals surface area contributed by atoms with Gasteiger partial charge in [0.1, 0.15) is 17.3 Å². The molecule has 0 radical (unpaired) electrons. The second-order valence-corrected chi connectivity index (χ2v) is 5.69. The maximum atomic E-state index is 12.5. The van der Waals surface area contributed by atoms with Gasteiger partial charge in [-0.3, -0.25) is 4.79 Å². The van der Waals surface area contributed by atoms with Crippen molar-refractivity contribution in [1.82, 2.24) is 24.3 Å². The van der Waals surface area contributed by atoms with Crippen molar-refractivity contribution in [3.8, 4) is 5.82 Å². The Morgan fingerprint density at radius 3 is 2.79 bits per heavy atom. The highest BCUT2D eigenvalue weighted by atomic mass is 35.5. The summed E-state index contributed by atoms with van der Waals surface area (Å²) in [5.74, 6) is 0.497. The molecule has 7 nitrogen and oxygen atoms in total. The largest absolute Gasteiger partial charge is 0.384 e. The number of nitrogens with zero attached hydrogens (tertiary/aromatic N) is 5. The highest BCUT2D eigenvalue weighted by Crippen LogP contribution is 2.20. The highest BCUT2D eigenvalue weighted by Gasteiger charge is 2.20. The number of halogens is 1. The minimum atomic E-state index is -1.09. The summed E-state index contributed by atoms with van der Waals surface area (Å²) in [5.41, 5.74) is -0.330. The van der Waals surface area contributed by atoms with E-state index in [0.717, 1.165) is 0 Å². The van der Waals surface area contributed by atoms with Crippen molar-refractivity contribution in [3.05, 3.63) is 59.4 Å². The lowest BCUT2D eigenvalue weighted by Crippen LogP contribution is -2.23. The highest BCUT2D eigenvalue weighted by molar-refractivity contribution is 5.85. The predicted molar refractivity (Wildman–Crippen MR) is 93.6 cm³/mol. The van der Waals surface area contributed by atoms with E-state index >= 15 is 0 Å². The Balaban J connectivity index is 0.00000208. The van der Waals surface area contributed by atoms with Gasteiger partial charge in [0.25, 0.3) is 5.56 Å². The van der Waals surface area contributed by atoms with E-state index in [1.54, 1.807) is 42.8 Å². The summed E-state index contributed by atoms with van der Waals surface area (Å²) in [6.45, 7) is 7.32. The van der Waals surface area contributed by atoms with E-state index in [9.17, 15) is 9.90 Å². The van der Waals surface area contributed by atoms with E-state index in [2.05, 4.69) is 21.5 Å². The van der Waals surface area contributed by atoms with Gasteiger partial charge in [-0.1, -0.05) is 12.1 Å². The van der Waals surface area contributed by atoms with Crippen LogP contribution in [0, 0.1) is 0 Å². The van der Waals surface area contributed by atoms with Gasteiger partial charge in [0.15, 0.2) is 11.5 Å². The molecule has 126 valence electrons. The van der Waals surface area contributed by atoms with Crippen LogP contribution in [-0.2, 0) is 12.1 Å². The van der Waals surface area contributed by atoms with Gasteiger partial charge in [0.2, 0.25) is 0 Å². The number of fused-ring (bicyclic) bond motifs is 1. The summed E-state index contributed by atoms with van der Waals surface area (Å²) in [6, 6.07) is 5.28. The molecule has 3 rings (SSSR count). The van der Waals surface area contributed by atoms with Gasteiger partial charge in [-0.25, -0.2) is 24.3 Å². The Morgan fingerprint density at radius 1 is 1.38 bits per heavy atom. The summed E-state index contributed by atoms with van der Waals surface area (Å²) in [4.78, 5) is 25.1. The van der Waals surface area contributed by atoms with Crippen molar-refractivity contribution in [3.63, 3.8) is 0 Å². The summed E-state index contributed by atoms with van der Waals surface area (Å²) in [7, 11) is 0. The first kappa shape index (κ1) is 17.8. The maximum absolute atomic E-state index is 12.5. The first-order valence-corrected chi connectivity index (χ1v) is 7.16. The molecule has 8 heteroatoms. The Labute approximate surface area is 144 Å². The summed E-state index contributed by atoms with van der Waals surface area (Å²) < 4.78 is 3.11. The Bertz CT molecular complexity index is 940. The molecule has 0 fully saturated rings. The van der Waals surface area contributed by atoms with E-state index in [0.29, 0.717) is 29.1 Å². The molecule has 0 amide bonds. The first-order chi connectivity index (χ1) is 10.9.